The van der Waals surface area contributed by atoms with Crippen molar-refractivity contribution in [2.24, 2.45) is 0 Å². The van der Waals surface area contributed by atoms with Crippen molar-refractivity contribution in [2.75, 3.05) is 0 Å². The summed E-state index contributed by atoms with van der Waals surface area (Å²) in [6.45, 7) is 4.09. The molecule has 2 aromatic rings. The molecule has 0 radical (unpaired) electrons. The van der Waals surface area contributed by atoms with E-state index in [-0.39, 0.29) is 12.4 Å². The predicted octanol–water partition coefficient (Wildman–Crippen LogP) is -0.796. The van der Waals surface area contributed by atoms with E-state index >= 15 is 0 Å². The second kappa shape index (κ2) is 4.24. The molecule has 2 aromatic heterocycles. The van der Waals surface area contributed by atoms with Crippen molar-refractivity contribution >= 4 is 21.6 Å². The van der Waals surface area contributed by atoms with Gasteiger partial charge in [-0.25, -0.2) is 0 Å². The normalized spacial score (nSPS) is 9.93. The van der Waals surface area contributed by atoms with Gasteiger partial charge in [0, 0.05) is 19.1 Å². The molecule has 0 unspecified atom stereocenters. The average Bonchev–Trinajstić information content (AvgIpc) is 2.06. The molecule has 0 aliphatic heterocycles. The van der Waals surface area contributed by atoms with Crippen LogP contribution >= 0.6 is 15.9 Å². The van der Waals surface area contributed by atoms with Gasteiger partial charge in [-0.05, 0) is 33.9 Å². The number of aryl methyl sites for hydroxylation is 2. The number of aromatic nitrogens is 2. The highest BCUT2D eigenvalue weighted by atomic mass is 79.9. The fraction of sp³-hybridized carbons (Fsp3) is 0.200. The van der Waals surface area contributed by atoms with Crippen molar-refractivity contribution < 1.29 is 16.8 Å². The number of hydrogen-bond acceptors (Lipinski definition) is 1. The minimum Gasteiger partial charge on any atom is -1.00 e. The molecule has 0 N–H and O–H groups in total. The Morgan fingerprint density at radius 3 is 2.71 bits per heavy atom. The molecule has 0 aliphatic rings. The van der Waals surface area contributed by atoms with Crippen molar-refractivity contribution in [1.29, 1.82) is 0 Å². The van der Waals surface area contributed by atoms with E-state index in [0.29, 0.717) is 0 Å². The van der Waals surface area contributed by atoms with E-state index in [4.69, 9.17) is 0 Å². The number of halogens is 2. The molecule has 0 spiro atoms. The standard InChI is InChI=1S/C10H10BrN2.ClH/c1-7-5-8(2)13-6-9(11)3-4-10(13)12-7;/h3-6H,1-2H3;1H/q+1;/p-1. The summed E-state index contributed by atoms with van der Waals surface area (Å²) < 4.78 is 3.13. The Morgan fingerprint density at radius 1 is 1.29 bits per heavy atom. The van der Waals surface area contributed by atoms with Gasteiger partial charge >= 0.3 is 5.65 Å². The summed E-state index contributed by atoms with van der Waals surface area (Å²) in [5.74, 6) is 0. The fourth-order valence-electron chi connectivity index (χ4n) is 1.43. The number of pyridine rings is 1. The van der Waals surface area contributed by atoms with E-state index in [9.17, 15) is 0 Å². The van der Waals surface area contributed by atoms with E-state index in [0.717, 1.165) is 15.8 Å². The molecule has 0 saturated carbocycles. The molecule has 0 aliphatic carbocycles. The molecule has 0 fully saturated rings. The number of fused-ring (bicyclic) bond motifs is 1. The first-order valence-corrected chi connectivity index (χ1v) is 4.91. The maximum absolute atomic E-state index is 4.42. The van der Waals surface area contributed by atoms with Gasteiger partial charge in [-0.2, -0.15) is 4.40 Å². The van der Waals surface area contributed by atoms with Gasteiger partial charge in [-0.3, -0.25) is 0 Å². The number of rotatable bonds is 0. The van der Waals surface area contributed by atoms with Crippen LogP contribution in [0.2, 0.25) is 0 Å². The molecule has 2 rings (SSSR count). The van der Waals surface area contributed by atoms with E-state index in [1.165, 1.54) is 5.69 Å². The van der Waals surface area contributed by atoms with E-state index < -0.39 is 0 Å². The monoisotopic (exact) mass is 272 g/mol. The molecule has 0 atom stereocenters. The smallest absolute Gasteiger partial charge is 0.328 e. The number of hydrogen-bond donors (Lipinski definition) is 0. The Balaban J connectivity index is 0.000000980. The third kappa shape index (κ3) is 2.04. The summed E-state index contributed by atoms with van der Waals surface area (Å²) >= 11 is 3.44. The van der Waals surface area contributed by atoms with Crippen molar-refractivity contribution in [2.45, 2.75) is 13.8 Å². The summed E-state index contributed by atoms with van der Waals surface area (Å²) in [5.41, 5.74) is 3.24. The van der Waals surface area contributed by atoms with Crippen LogP contribution in [-0.2, 0) is 0 Å². The lowest BCUT2D eigenvalue weighted by molar-refractivity contribution is -0.523. The highest BCUT2D eigenvalue weighted by Crippen LogP contribution is 2.07. The molecule has 0 bridgehead atoms. The van der Waals surface area contributed by atoms with E-state index in [1.54, 1.807) is 0 Å². The van der Waals surface area contributed by atoms with Crippen LogP contribution in [-0.4, -0.2) is 4.98 Å². The fourth-order valence-corrected chi connectivity index (χ4v) is 1.76. The largest absolute Gasteiger partial charge is 1.00 e. The predicted molar refractivity (Wildman–Crippen MR) is 54.6 cm³/mol. The Hall–Kier alpha value is -0.670. The van der Waals surface area contributed by atoms with Crippen molar-refractivity contribution in [3.05, 3.63) is 40.3 Å². The highest BCUT2D eigenvalue weighted by molar-refractivity contribution is 9.10. The lowest BCUT2D eigenvalue weighted by atomic mass is 10.3. The zero-order chi connectivity index (χ0) is 9.42. The van der Waals surface area contributed by atoms with Gasteiger partial charge in [0.1, 0.15) is 11.9 Å². The third-order valence-corrected chi connectivity index (χ3v) is 2.45. The van der Waals surface area contributed by atoms with Gasteiger partial charge in [-0.1, -0.05) is 0 Å². The van der Waals surface area contributed by atoms with Gasteiger partial charge < -0.3 is 12.4 Å². The lowest BCUT2D eigenvalue weighted by Gasteiger charge is -1.96. The molecule has 4 heteroatoms. The molecular formula is C10H10BrClN2. The summed E-state index contributed by atoms with van der Waals surface area (Å²) in [7, 11) is 0. The van der Waals surface area contributed by atoms with E-state index in [2.05, 4.69) is 38.3 Å². The second-order valence-corrected chi connectivity index (χ2v) is 4.03. The van der Waals surface area contributed by atoms with Crippen molar-refractivity contribution in [3.63, 3.8) is 0 Å². The topological polar surface area (TPSA) is 17.0 Å². The Kier molecular flexibility index (Phi) is 3.45. The summed E-state index contributed by atoms with van der Waals surface area (Å²) in [6, 6.07) is 6.07. The Morgan fingerprint density at radius 2 is 2.00 bits per heavy atom. The average molecular weight is 274 g/mol. The van der Waals surface area contributed by atoms with Crippen LogP contribution in [0.15, 0.2) is 28.9 Å². The highest BCUT2D eigenvalue weighted by Gasteiger charge is 2.07. The van der Waals surface area contributed by atoms with Gasteiger partial charge in [0.2, 0.25) is 0 Å². The van der Waals surface area contributed by atoms with E-state index in [1.807, 2.05) is 25.3 Å². The van der Waals surface area contributed by atoms with Crippen LogP contribution in [0.4, 0.5) is 0 Å². The molecule has 0 amide bonds. The zero-order valence-electron chi connectivity index (χ0n) is 7.96. The molecule has 2 heterocycles. The van der Waals surface area contributed by atoms with Crippen LogP contribution in [0.1, 0.15) is 11.4 Å². The van der Waals surface area contributed by atoms with Crippen LogP contribution in [0.25, 0.3) is 5.65 Å². The first-order chi connectivity index (χ1) is 6.16. The van der Waals surface area contributed by atoms with Crippen LogP contribution in [0.5, 0.6) is 0 Å². The van der Waals surface area contributed by atoms with Crippen molar-refractivity contribution in [1.82, 2.24) is 4.98 Å². The molecule has 2 nitrogen and oxygen atoms in total. The lowest BCUT2D eigenvalue weighted by Crippen LogP contribution is -3.00. The third-order valence-electron chi connectivity index (χ3n) is 1.98. The first-order valence-electron chi connectivity index (χ1n) is 4.12. The Labute approximate surface area is 97.5 Å². The van der Waals surface area contributed by atoms with Gasteiger partial charge in [0.15, 0.2) is 5.69 Å². The molecule has 0 aromatic carbocycles. The van der Waals surface area contributed by atoms with Gasteiger partial charge in [0.25, 0.3) is 0 Å². The maximum atomic E-state index is 4.42. The van der Waals surface area contributed by atoms with Crippen LogP contribution < -0.4 is 16.8 Å². The maximum Gasteiger partial charge on any atom is 0.328 e. The quantitative estimate of drug-likeness (QED) is 0.575. The van der Waals surface area contributed by atoms with Gasteiger partial charge in [0.05, 0.1) is 4.47 Å². The van der Waals surface area contributed by atoms with Crippen LogP contribution in [0.3, 0.4) is 0 Å². The minimum atomic E-state index is 0. The molecule has 0 saturated heterocycles. The molecule has 14 heavy (non-hydrogen) atoms. The molecular weight excluding hydrogens is 263 g/mol. The summed E-state index contributed by atoms with van der Waals surface area (Å²) in [6.07, 6.45) is 2.02. The van der Waals surface area contributed by atoms with Gasteiger partial charge in [-0.15, -0.1) is 0 Å². The van der Waals surface area contributed by atoms with Crippen LogP contribution in [0, 0.1) is 13.8 Å². The minimum absolute atomic E-state index is 0. The first kappa shape index (κ1) is 11.4. The zero-order valence-corrected chi connectivity index (χ0v) is 10.3. The summed E-state index contributed by atoms with van der Waals surface area (Å²) in [5, 5.41) is 0. The molecule has 74 valence electrons. The SMILES string of the molecule is Cc1cc(C)[n+]2cc(Br)ccc2n1.[Cl-]. The summed E-state index contributed by atoms with van der Waals surface area (Å²) in [4.78, 5) is 4.42. The Bertz CT molecular complexity index is 471. The number of nitrogens with zero attached hydrogens (tertiary/aromatic N) is 2. The second-order valence-electron chi connectivity index (χ2n) is 3.11. The van der Waals surface area contributed by atoms with Crippen molar-refractivity contribution in [3.8, 4) is 0 Å².